The first-order chi connectivity index (χ1) is 16.9. The molecule has 2 aliphatic heterocycles. The minimum Gasteiger partial charge on any atom is -0.378 e. The average Bonchev–Trinajstić information content (AvgIpc) is 2.89. The zero-order valence-corrected chi connectivity index (χ0v) is 18.9. The number of ether oxygens (including phenoxy) is 1. The van der Waals surface area contributed by atoms with Crippen molar-refractivity contribution in [3.8, 4) is 11.3 Å². The molecule has 11 heteroatoms. The normalized spacial score (nSPS) is 17.1. The molecule has 0 spiro atoms. The fourth-order valence-electron chi connectivity index (χ4n) is 4.31. The molecular weight excluding hydrogens is 464 g/mol. The summed E-state index contributed by atoms with van der Waals surface area (Å²) in [6, 6.07) is 10.5. The van der Waals surface area contributed by atoms with Gasteiger partial charge in [0.15, 0.2) is 0 Å². The van der Waals surface area contributed by atoms with Crippen LogP contribution in [-0.2, 0) is 10.9 Å². The summed E-state index contributed by atoms with van der Waals surface area (Å²) in [6.07, 6.45) is -3.11. The molecule has 1 aromatic carbocycles. The molecule has 0 aliphatic carbocycles. The van der Waals surface area contributed by atoms with E-state index in [1.165, 1.54) is 18.3 Å². The lowest BCUT2D eigenvalue weighted by Crippen LogP contribution is -2.48. The summed E-state index contributed by atoms with van der Waals surface area (Å²) in [7, 11) is 0. The van der Waals surface area contributed by atoms with Gasteiger partial charge in [-0.1, -0.05) is 12.1 Å². The molecule has 0 amide bonds. The first-order valence-electron chi connectivity index (χ1n) is 11.4. The van der Waals surface area contributed by atoms with Crippen molar-refractivity contribution in [2.45, 2.75) is 6.18 Å². The standard InChI is InChI=1S/C24H24F4N6O/c25-19-6-2-1-4-17(19)20-16-21(32-12-14-35-15-13-32)31-23(30-20)34-10-8-33(9-11-34)22-18(24(26,27)28)5-3-7-29-22/h1-7,16H,8-15H2. The summed E-state index contributed by atoms with van der Waals surface area (Å²) in [6.45, 7) is 3.88. The van der Waals surface area contributed by atoms with Gasteiger partial charge in [-0.05, 0) is 24.3 Å². The maximum Gasteiger partial charge on any atom is 0.419 e. The van der Waals surface area contributed by atoms with Crippen molar-refractivity contribution in [3.63, 3.8) is 0 Å². The zero-order valence-electron chi connectivity index (χ0n) is 18.9. The molecule has 2 saturated heterocycles. The van der Waals surface area contributed by atoms with Gasteiger partial charge in [-0.3, -0.25) is 0 Å². The summed E-state index contributed by atoms with van der Waals surface area (Å²) in [5.74, 6) is 0.631. The topological polar surface area (TPSA) is 57.6 Å². The average molecular weight is 488 g/mol. The lowest BCUT2D eigenvalue weighted by molar-refractivity contribution is -0.137. The number of halogens is 4. The second-order valence-electron chi connectivity index (χ2n) is 8.34. The lowest BCUT2D eigenvalue weighted by atomic mass is 10.1. The molecule has 3 aromatic rings. The molecule has 2 aliphatic rings. The molecule has 0 atom stereocenters. The molecular formula is C24H24F4N6O. The number of rotatable bonds is 4. The van der Waals surface area contributed by atoms with Crippen molar-refractivity contribution in [1.29, 1.82) is 0 Å². The molecule has 2 aromatic heterocycles. The lowest BCUT2D eigenvalue weighted by Gasteiger charge is -2.37. The van der Waals surface area contributed by atoms with Crippen LogP contribution in [0.4, 0.5) is 35.1 Å². The molecule has 0 radical (unpaired) electrons. The first-order valence-corrected chi connectivity index (χ1v) is 11.4. The van der Waals surface area contributed by atoms with Gasteiger partial charge in [-0.25, -0.2) is 14.4 Å². The fourth-order valence-corrected chi connectivity index (χ4v) is 4.31. The smallest absolute Gasteiger partial charge is 0.378 e. The van der Waals surface area contributed by atoms with E-state index in [0.29, 0.717) is 75.5 Å². The third-order valence-electron chi connectivity index (χ3n) is 6.14. The minimum atomic E-state index is -4.48. The maximum atomic E-state index is 14.6. The van der Waals surface area contributed by atoms with Gasteiger partial charge in [-0.15, -0.1) is 0 Å². The monoisotopic (exact) mass is 488 g/mol. The number of hydrogen-bond acceptors (Lipinski definition) is 7. The molecule has 4 heterocycles. The second-order valence-corrected chi connectivity index (χ2v) is 8.34. The van der Waals surface area contributed by atoms with Crippen molar-refractivity contribution in [2.24, 2.45) is 0 Å². The van der Waals surface area contributed by atoms with E-state index in [4.69, 9.17) is 9.72 Å². The number of aromatic nitrogens is 3. The third-order valence-corrected chi connectivity index (χ3v) is 6.14. The Morgan fingerprint density at radius 3 is 2.23 bits per heavy atom. The van der Waals surface area contributed by atoms with E-state index in [-0.39, 0.29) is 11.6 Å². The summed E-state index contributed by atoms with van der Waals surface area (Å²) in [4.78, 5) is 19.0. The van der Waals surface area contributed by atoms with Crippen LogP contribution in [0.1, 0.15) is 5.56 Å². The van der Waals surface area contributed by atoms with Crippen LogP contribution < -0.4 is 14.7 Å². The number of alkyl halides is 3. The largest absolute Gasteiger partial charge is 0.419 e. The molecule has 35 heavy (non-hydrogen) atoms. The van der Waals surface area contributed by atoms with Crippen molar-refractivity contribution >= 4 is 17.6 Å². The van der Waals surface area contributed by atoms with E-state index >= 15 is 0 Å². The first kappa shape index (κ1) is 23.3. The van der Waals surface area contributed by atoms with Crippen LogP contribution in [-0.4, -0.2) is 67.4 Å². The van der Waals surface area contributed by atoms with E-state index in [2.05, 4.69) is 14.9 Å². The molecule has 0 unspecified atom stereocenters. The Hall–Kier alpha value is -3.47. The Bertz CT molecular complexity index is 1180. The number of pyridine rings is 1. The summed E-state index contributed by atoms with van der Waals surface area (Å²) < 4.78 is 60.4. The minimum absolute atomic E-state index is 0.0744. The highest BCUT2D eigenvalue weighted by molar-refractivity contribution is 5.66. The molecule has 2 fully saturated rings. The number of hydrogen-bond donors (Lipinski definition) is 0. The highest BCUT2D eigenvalue weighted by Crippen LogP contribution is 2.35. The molecule has 5 rings (SSSR count). The van der Waals surface area contributed by atoms with E-state index in [1.807, 2.05) is 4.90 Å². The van der Waals surface area contributed by atoms with Crippen molar-refractivity contribution in [2.75, 3.05) is 67.2 Å². The van der Waals surface area contributed by atoms with Gasteiger partial charge in [0.05, 0.1) is 24.5 Å². The van der Waals surface area contributed by atoms with Gasteiger partial charge >= 0.3 is 6.18 Å². The van der Waals surface area contributed by atoms with E-state index in [0.717, 1.165) is 6.07 Å². The van der Waals surface area contributed by atoms with Crippen LogP contribution in [0.3, 0.4) is 0 Å². The number of anilines is 3. The van der Waals surface area contributed by atoms with Crippen molar-refractivity contribution in [1.82, 2.24) is 15.0 Å². The van der Waals surface area contributed by atoms with Crippen molar-refractivity contribution in [3.05, 3.63) is 60.0 Å². The fraction of sp³-hybridized carbons (Fsp3) is 0.375. The summed E-state index contributed by atoms with van der Waals surface area (Å²) >= 11 is 0. The highest BCUT2D eigenvalue weighted by atomic mass is 19.4. The number of benzene rings is 1. The van der Waals surface area contributed by atoms with Crippen LogP contribution in [0.2, 0.25) is 0 Å². The van der Waals surface area contributed by atoms with Gasteiger partial charge < -0.3 is 19.4 Å². The third kappa shape index (κ3) is 5.00. The van der Waals surface area contributed by atoms with E-state index in [1.54, 1.807) is 29.2 Å². The van der Waals surface area contributed by atoms with Gasteiger partial charge in [0.1, 0.15) is 17.5 Å². The van der Waals surface area contributed by atoms with Crippen LogP contribution in [0.25, 0.3) is 11.3 Å². The van der Waals surface area contributed by atoms with Gasteiger partial charge in [0.2, 0.25) is 5.95 Å². The Labute approximate surface area is 200 Å². The second kappa shape index (κ2) is 9.65. The predicted molar refractivity (Wildman–Crippen MR) is 124 cm³/mol. The molecule has 0 N–H and O–H groups in total. The quantitative estimate of drug-likeness (QED) is 0.517. The maximum absolute atomic E-state index is 14.6. The highest BCUT2D eigenvalue weighted by Gasteiger charge is 2.36. The van der Waals surface area contributed by atoms with Gasteiger partial charge in [0.25, 0.3) is 0 Å². The van der Waals surface area contributed by atoms with Crippen molar-refractivity contribution < 1.29 is 22.3 Å². The molecule has 0 saturated carbocycles. The Balaban J connectivity index is 1.42. The molecule has 184 valence electrons. The predicted octanol–water partition coefficient (Wildman–Crippen LogP) is 3.86. The zero-order chi connectivity index (χ0) is 24.4. The number of nitrogens with zero attached hydrogens (tertiary/aromatic N) is 6. The summed E-state index contributed by atoms with van der Waals surface area (Å²) in [5, 5.41) is 0. The molecule has 0 bridgehead atoms. The Morgan fingerprint density at radius 1 is 0.800 bits per heavy atom. The van der Waals surface area contributed by atoms with Gasteiger partial charge in [-0.2, -0.15) is 18.2 Å². The number of morpholine rings is 1. The Morgan fingerprint density at radius 2 is 1.51 bits per heavy atom. The number of piperazine rings is 1. The van der Waals surface area contributed by atoms with Crippen LogP contribution in [0.15, 0.2) is 48.7 Å². The Kier molecular flexibility index (Phi) is 6.42. The SMILES string of the molecule is Fc1ccccc1-c1cc(N2CCOCC2)nc(N2CCN(c3ncccc3C(F)(F)F)CC2)n1. The van der Waals surface area contributed by atoms with Gasteiger partial charge in [0, 0.05) is 57.1 Å². The molecule has 7 nitrogen and oxygen atoms in total. The van der Waals surface area contributed by atoms with Crippen LogP contribution >= 0.6 is 0 Å². The van der Waals surface area contributed by atoms with Crippen LogP contribution in [0.5, 0.6) is 0 Å². The van der Waals surface area contributed by atoms with Crippen LogP contribution in [0, 0.1) is 5.82 Å². The van der Waals surface area contributed by atoms with E-state index < -0.39 is 11.7 Å². The van der Waals surface area contributed by atoms with E-state index in [9.17, 15) is 17.6 Å². The summed E-state index contributed by atoms with van der Waals surface area (Å²) in [5.41, 5.74) is 0.0783.